The lowest BCUT2D eigenvalue weighted by molar-refractivity contribution is -0.147. The van der Waals surface area contributed by atoms with Crippen LogP contribution in [0.25, 0.3) is 0 Å². The highest BCUT2D eigenvalue weighted by molar-refractivity contribution is 5.80. The van der Waals surface area contributed by atoms with E-state index >= 15 is 0 Å². The molecule has 144 valence electrons. The lowest BCUT2D eigenvalue weighted by Gasteiger charge is -2.48. The summed E-state index contributed by atoms with van der Waals surface area (Å²) in [5, 5.41) is 0. The Morgan fingerprint density at radius 2 is 1.56 bits per heavy atom. The molecule has 0 spiro atoms. The monoisotopic (exact) mass is 349 g/mol. The Labute approximate surface area is 154 Å². The standard InChI is InChI=1S/C21H39N3O/c1-15(2)18-6-8-20(9-7-18)22-10-11-24(17(5)12-22)21(25)19-13-23(14-19)16(3)4/h15-20H,6-14H2,1-5H3/t17-,18?,20?/m1/s1. The molecule has 4 heteroatoms. The summed E-state index contributed by atoms with van der Waals surface area (Å²) in [6.07, 6.45) is 5.50. The van der Waals surface area contributed by atoms with Crippen LogP contribution in [0.1, 0.15) is 60.3 Å². The number of piperazine rings is 1. The molecule has 1 atom stereocenters. The summed E-state index contributed by atoms with van der Waals surface area (Å²) in [6.45, 7) is 16.4. The van der Waals surface area contributed by atoms with Crippen molar-refractivity contribution in [1.82, 2.24) is 14.7 Å². The van der Waals surface area contributed by atoms with Crippen molar-refractivity contribution in [2.45, 2.75) is 78.4 Å². The van der Waals surface area contributed by atoms with Gasteiger partial charge in [-0.15, -0.1) is 0 Å². The van der Waals surface area contributed by atoms with Crippen LogP contribution < -0.4 is 0 Å². The van der Waals surface area contributed by atoms with E-state index in [9.17, 15) is 4.79 Å². The number of carbonyl (C=O) groups is 1. The molecule has 1 amide bonds. The van der Waals surface area contributed by atoms with Gasteiger partial charge < -0.3 is 4.90 Å². The van der Waals surface area contributed by atoms with Crippen molar-refractivity contribution in [3.05, 3.63) is 0 Å². The minimum atomic E-state index is 0.248. The lowest BCUT2D eigenvalue weighted by Crippen LogP contribution is -2.62. The predicted octanol–water partition coefficient (Wildman–Crippen LogP) is 3.07. The van der Waals surface area contributed by atoms with Crippen molar-refractivity contribution < 1.29 is 4.79 Å². The van der Waals surface area contributed by atoms with E-state index in [0.717, 1.165) is 50.6 Å². The number of hydrogen-bond acceptors (Lipinski definition) is 3. The van der Waals surface area contributed by atoms with Gasteiger partial charge in [0.25, 0.3) is 0 Å². The molecule has 4 nitrogen and oxygen atoms in total. The van der Waals surface area contributed by atoms with E-state index in [-0.39, 0.29) is 5.92 Å². The fourth-order valence-corrected chi connectivity index (χ4v) is 5.10. The topological polar surface area (TPSA) is 26.8 Å². The molecule has 1 aliphatic carbocycles. The largest absolute Gasteiger partial charge is 0.337 e. The third-order valence-corrected chi connectivity index (χ3v) is 7.13. The van der Waals surface area contributed by atoms with E-state index in [1.165, 1.54) is 25.7 Å². The fourth-order valence-electron chi connectivity index (χ4n) is 5.10. The third-order valence-electron chi connectivity index (χ3n) is 7.13. The second-order valence-electron chi connectivity index (χ2n) is 9.43. The molecule has 0 aromatic rings. The van der Waals surface area contributed by atoms with E-state index in [0.29, 0.717) is 18.0 Å². The Hall–Kier alpha value is -0.610. The van der Waals surface area contributed by atoms with E-state index in [4.69, 9.17) is 0 Å². The number of carbonyl (C=O) groups excluding carboxylic acids is 1. The highest BCUT2D eigenvalue weighted by Crippen LogP contribution is 2.33. The molecule has 1 saturated carbocycles. The molecular weight excluding hydrogens is 310 g/mol. The molecule has 2 heterocycles. The van der Waals surface area contributed by atoms with Gasteiger partial charge in [0, 0.05) is 50.8 Å². The summed E-state index contributed by atoms with van der Waals surface area (Å²) in [5.74, 6) is 2.42. The maximum atomic E-state index is 12.8. The molecule has 0 N–H and O–H groups in total. The molecule has 3 rings (SSSR count). The van der Waals surface area contributed by atoms with Gasteiger partial charge in [0.2, 0.25) is 5.91 Å². The number of nitrogens with zero attached hydrogens (tertiary/aromatic N) is 3. The van der Waals surface area contributed by atoms with Gasteiger partial charge in [-0.25, -0.2) is 0 Å². The maximum Gasteiger partial charge on any atom is 0.228 e. The smallest absolute Gasteiger partial charge is 0.228 e. The normalized spacial score (nSPS) is 33.1. The van der Waals surface area contributed by atoms with E-state index < -0.39 is 0 Å². The minimum Gasteiger partial charge on any atom is -0.337 e. The first-order valence-electron chi connectivity index (χ1n) is 10.6. The second kappa shape index (κ2) is 7.96. The molecule has 0 unspecified atom stereocenters. The maximum absolute atomic E-state index is 12.8. The average Bonchev–Trinajstić information content (AvgIpc) is 2.52. The molecule has 3 fully saturated rings. The van der Waals surface area contributed by atoms with Gasteiger partial charge in [-0.2, -0.15) is 0 Å². The Morgan fingerprint density at radius 3 is 2.08 bits per heavy atom. The highest BCUT2D eigenvalue weighted by atomic mass is 16.2. The van der Waals surface area contributed by atoms with Crippen LogP contribution in [0.15, 0.2) is 0 Å². The predicted molar refractivity (Wildman–Crippen MR) is 104 cm³/mol. The van der Waals surface area contributed by atoms with Crippen LogP contribution >= 0.6 is 0 Å². The van der Waals surface area contributed by atoms with Gasteiger partial charge in [-0.1, -0.05) is 13.8 Å². The van der Waals surface area contributed by atoms with Crippen molar-refractivity contribution in [2.24, 2.45) is 17.8 Å². The van der Waals surface area contributed by atoms with Crippen LogP contribution in [0.4, 0.5) is 0 Å². The molecule has 0 aromatic heterocycles. The molecular formula is C21H39N3O. The third kappa shape index (κ3) is 4.21. The SMILES string of the molecule is CC(C)C1CCC(N2CCN(C(=O)C3CN(C(C)C)C3)[C@H](C)C2)CC1. The summed E-state index contributed by atoms with van der Waals surface area (Å²) in [4.78, 5) is 20.1. The van der Waals surface area contributed by atoms with E-state index in [1.54, 1.807) is 0 Å². The molecule has 0 radical (unpaired) electrons. The van der Waals surface area contributed by atoms with Gasteiger partial charge in [0.1, 0.15) is 0 Å². The van der Waals surface area contributed by atoms with Crippen molar-refractivity contribution in [3.8, 4) is 0 Å². The first kappa shape index (κ1) is 19.2. The summed E-state index contributed by atoms with van der Waals surface area (Å²) in [6, 6.07) is 1.70. The second-order valence-corrected chi connectivity index (χ2v) is 9.43. The van der Waals surface area contributed by atoms with Crippen molar-refractivity contribution >= 4 is 5.91 Å². The van der Waals surface area contributed by atoms with Crippen LogP contribution in [0.2, 0.25) is 0 Å². The quantitative estimate of drug-likeness (QED) is 0.780. The Kier molecular flexibility index (Phi) is 6.10. The summed E-state index contributed by atoms with van der Waals surface area (Å²) in [7, 11) is 0. The summed E-state index contributed by atoms with van der Waals surface area (Å²) < 4.78 is 0. The average molecular weight is 350 g/mol. The summed E-state index contributed by atoms with van der Waals surface area (Å²) in [5.41, 5.74) is 0. The number of rotatable bonds is 4. The molecule has 2 aliphatic heterocycles. The zero-order valence-electron chi connectivity index (χ0n) is 17.1. The van der Waals surface area contributed by atoms with E-state index in [2.05, 4.69) is 49.3 Å². The van der Waals surface area contributed by atoms with Crippen molar-refractivity contribution in [1.29, 1.82) is 0 Å². The molecule has 3 aliphatic rings. The first-order valence-corrected chi connectivity index (χ1v) is 10.6. The van der Waals surface area contributed by atoms with E-state index in [1.807, 2.05) is 0 Å². The zero-order valence-corrected chi connectivity index (χ0v) is 17.1. The Bertz CT molecular complexity index is 450. The Morgan fingerprint density at radius 1 is 0.920 bits per heavy atom. The molecule has 0 aromatic carbocycles. The number of hydrogen-bond donors (Lipinski definition) is 0. The van der Waals surface area contributed by atoms with Crippen LogP contribution in [0.3, 0.4) is 0 Å². The van der Waals surface area contributed by atoms with Crippen LogP contribution in [-0.2, 0) is 4.79 Å². The van der Waals surface area contributed by atoms with Gasteiger partial charge in [0.05, 0.1) is 5.92 Å². The highest BCUT2D eigenvalue weighted by Gasteiger charge is 2.40. The summed E-state index contributed by atoms with van der Waals surface area (Å²) >= 11 is 0. The number of amides is 1. The molecule has 25 heavy (non-hydrogen) atoms. The lowest BCUT2D eigenvalue weighted by atomic mass is 9.79. The zero-order chi connectivity index (χ0) is 18.1. The van der Waals surface area contributed by atoms with Gasteiger partial charge in [-0.05, 0) is 58.3 Å². The molecule has 2 saturated heterocycles. The van der Waals surface area contributed by atoms with Gasteiger partial charge in [0.15, 0.2) is 0 Å². The van der Waals surface area contributed by atoms with Crippen molar-refractivity contribution in [3.63, 3.8) is 0 Å². The first-order chi connectivity index (χ1) is 11.9. The van der Waals surface area contributed by atoms with Gasteiger partial charge in [-0.3, -0.25) is 14.6 Å². The fraction of sp³-hybridized carbons (Fsp3) is 0.952. The number of likely N-dealkylation sites (tertiary alicyclic amines) is 1. The minimum absolute atomic E-state index is 0.248. The van der Waals surface area contributed by atoms with Gasteiger partial charge >= 0.3 is 0 Å². The van der Waals surface area contributed by atoms with Crippen LogP contribution in [-0.4, -0.2) is 71.5 Å². The van der Waals surface area contributed by atoms with Crippen LogP contribution in [0, 0.1) is 17.8 Å². The Balaban J connectivity index is 1.46. The van der Waals surface area contributed by atoms with Crippen molar-refractivity contribution in [2.75, 3.05) is 32.7 Å². The van der Waals surface area contributed by atoms with Crippen LogP contribution in [0.5, 0.6) is 0 Å². The molecule has 0 bridgehead atoms.